The molecule has 0 bridgehead atoms. The van der Waals surface area contributed by atoms with E-state index >= 15 is 0 Å². The van der Waals surface area contributed by atoms with Gasteiger partial charge < -0.3 is 10.0 Å². The third-order valence-electron chi connectivity index (χ3n) is 4.53. The molecule has 1 aliphatic carbocycles. The van der Waals surface area contributed by atoms with Gasteiger partial charge in [0.25, 0.3) is 0 Å². The van der Waals surface area contributed by atoms with Gasteiger partial charge in [-0.05, 0) is 42.9 Å². The van der Waals surface area contributed by atoms with Crippen LogP contribution < -0.4 is 4.90 Å². The Labute approximate surface area is 114 Å². The van der Waals surface area contributed by atoms with Crippen LogP contribution in [0.4, 0.5) is 5.69 Å². The minimum absolute atomic E-state index is 0.236. The van der Waals surface area contributed by atoms with Crippen molar-refractivity contribution in [2.24, 2.45) is 0 Å². The van der Waals surface area contributed by atoms with Crippen molar-refractivity contribution in [1.82, 2.24) is 0 Å². The maximum atomic E-state index is 10.7. The van der Waals surface area contributed by atoms with Crippen molar-refractivity contribution in [3.8, 4) is 0 Å². The molecule has 0 aromatic heterocycles. The van der Waals surface area contributed by atoms with Crippen molar-refractivity contribution in [2.45, 2.75) is 51.0 Å². The van der Waals surface area contributed by atoms with Crippen LogP contribution in [-0.4, -0.2) is 23.7 Å². The lowest BCUT2D eigenvalue weighted by Gasteiger charge is -2.27. The molecule has 3 rings (SSSR count). The zero-order valence-electron chi connectivity index (χ0n) is 11.3. The predicted octanol–water partition coefficient (Wildman–Crippen LogP) is 3.01. The summed E-state index contributed by atoms with van der Waals surface area (Å²) in [5.41, 5.74) is 4.01. The number of hydrogen-bond acceptors (Lipinski definition) is 2. The van der Waals surface area contributed by atoms with E-state index in [2.05, 4.69) is 23.1 Å². The summed E-state index contributed by atoms with van der Waals surface area (Å²) in [5.74, 6) is -0.705. The fourth-order valence-electron chi connectivity index (χ4n) is 3.60. The van der Waals surface area contributed by atoms with Crippen molar-refractivity contribution in [2.75, 3.05) is 11.4 Å². The summed E-state index contributed by atoms with van der Waals surface area (Å²) in [6, 6.07) is 7.12. The number of rotatable bonds is 4. The van der Waals surface area contributed by atoms with Gasteiger partial charge in [-0.15, -0.1) is 0 Å². The lowest BCUT2D eigenvalue weighted by Crippen LogP contribution is -2.31. The summed E-state index contributed by atoms with van der Waals surface area (Å²) in [6.07, 6.45) is 7.33. The highest BCUT2D eigenvalue weighted by molar-refractivity contribution is 5.68. The smallest absolute Gasteiger partial charge is 0.303 e. The van der Waals surface area contributed by atoms with Gasteiger partial charge in [-0.25, -0.2) is 0 Å². The van der Waals surface area contributed by atoms with E-state index in [9.17, 15) is 4.79 Å². The van der Waals surface area contributed by atoms with E-state index < -0.39 is 5.97 Å². The summed E-state index contributed by atoms with van der Waals surface area (Å²) in [7, 11) is 0. The Morgan fingerprint density at radius 1 is 1.32 bits per heavy atom. The molecule has 2 aliphatic rings. The van der Waals surface area contributed by atoms with Crippen LogP contribution in [-0.2, 0) is 17.6 Å². The van der Waals surface area contributed by atoms with E-state index in [1.165, 1.54) is 42.5 Å². The third-order valence-corrected chi connectivity index (χ3v) is 4.53. The van der Waals surface area contributed by atoms with Crippen LogP contribution in [0.15, 0.2) is 18.2 Å². The molecular formula is C16H21NO2. The minimum Gasteiger partial charge on any atom is -0.481 e. The van der Waals surface area contributed by atoms with Crippen LogP contribution in [0.3, 0.4) is 0 Å². The summed E-state index contributed by atoms with van der Waals surface area (Å²) in [4.78, 5) is 13.3. The number of benzene rings is 1. The molecule has 3 heteroatoms. The maximum Gasteiger partial charge on any atom is 0.303 e. The standard InChI is InChI=1S/C16H21NO2/c18-16(19)9-8-12-4-3-7-15-14(12)10-11-17(15)13-5-1-2-6-13/h3-4,7,13H,1-2,5-6,8-11H2,(H,18,19). The van der Waals surface area contributed by atoms with Gasteiger partial charge in [-0.2, -0.15) is 0 Å². The Kier molecular flexibility index (Phi) is 3.45. The van der Waals surface area contributed by atoms with Crippen molar-refractivity contribution in [1.29, 1.82) is 0 Å². The number of carbonyl (C=O) groups is 1. The second-order valence-electron chi connectivity index (χ2n) is 5.69. The molecule has 102 valence electrons. The molecule has 3 nitrogen and oxygen atoms in total. The SMILES string of the molecule is O=C(O)CCc1cccc2c1CCN2C1CCCC1. The van der Waals surface area contributed by atoms with Crippen LogP contribution in [0.25, 0.3) is 0 Å². The van der Waals surface area contributed by atoms with Gasteiger partial charge in [-0.1, -0.05) is 25.0 Å². The molecule has 19 heavy (non-hydrogen) atoms. The first-order valence-corrected chi connectivity index (χ1v) is 7.35. The summed E-state index contributed by atoms with van der Waals surface area (Å²) in [6.45, 7) is 1.12. The van der Waals surface area contributed by atoms with Gasteiger partial charge in [0.1, 0.15) is 0 Å². The zero-order chi connectivity index (χ0) is 13.2. The molecule has 0 unspecified atom stereocenters. The number of hydrogen-bond donors (Lipinski definition) is 1. The number of nitrogens with zero attached hydrogens (tertiary/aromatic N) is 1. The molecule has 1 aliphatic heterocycles. The Balaban J connectivity index is 1.81. The lowest BCUT2D eigenvalue weighted by atomic mass is 10.0. The van der Waals surface area contributed by atoms with E-state index in [4.69, 9.17) is 5.11 Å². The number of fused-ring (bicyclic) bond motifs is 1. The average Bonchev–Trinajstić information content (AvgIpc) is 3.04. The van der Waals surface area contributed by atoms with Crippen molar-refractivity contribution in [3.05, 3.63) is 29.3 Å². The first kappa shape index (κ1) is 12.5. The summed E-state index contributed by atoms with van der Waals surface area (Å²) >= 11 is 0. The molecule has 1 aromatic rings. The fraction of sp³-hybridized carbons (Fsp3) is 0.562. The van der Waals surface area contributed by atoms with E-state index in [1.54, 1.807) is 0 Å². The molecule has 1 N–H and O–H groups in total. The number of carboxylic acids is 1. The monoisotopic (exact) mass is 259 g/mol. The minimum atomic E-state index is -0.705. The average molecular weight is 259 g/mol. The van der Waals surface area contributed by atoms with E-state index in [0.29, 0.717) is 6.42 Å². The molecule has 0 saturated heterocycles. The van der Waals surface area contributed by atoms with Gasteiger partial charge in [0, 0.05) is 24.7 Å². The molecule has 0 amide bonds. The Morgan fingerprint density at radius 3 is 2.84 bits per heavy atom. The molecule has 1 aromatic carbocycles. The highest BCUT2D eigenvalue weighted by Crippen LogP contribution is 2.36. The number of carboxylic acid groups (broad SMARTS) is 1. The first-order valence-electron chi connectivity index (χ1n) is 7.35. The van der Waals surface area contributed by atoms with E-state index in [1.807, 2.05) is 0 Å². The van der Waals surface area contributed by atoms with Gasteiger partial charge >= 0.3 is 5.97 Å². The van der Waals surface area contributed by atoms with Crippen molar-refractivity contribution in [3.63, 3.8) is 0 Å². The Hall–Kier alpha value is -1.51. The third kappa shape index (κ3) is 2.46. The van der Waals surface area contributed by atoms with Crippen molar-refractivity contribution >= 4 is 11.7 Å². The Bertz CT molecular complexity index is 478. The maximum absolute atomic E-state index is 10.7. The molecule has 1 saturated carbocycles. The Morgan fingerprint density at radius 2 is 2.11 bits per heavy atom. The van der Waals surface area contributed by atoms with Crippen LogP contribution in [0.2, 0.25) is 0 Å². The number of anilines is 1. The van der Waals surface area contributed by atoms with Crippen LogP contribution >= 0.6 is 0 Å². The zero-order valence-corrected chi connectivity index (χ0v) is 11.3. The van der Waals surface area contributed by atoms with Crippen LogP contribution in [0.1, 0.15) is 43.2 Å². The van der Waals surface area contributed by atoms with Gasteiger partial charge in [0.05, 0.1) is 0 Å². The molecule has 1 fully saturated rings. The quantitative estimate of drug-likeness (QED) is 0.903. The van der Waals surface area contributed by atoms with E-state index in [0.717, 1.165) is 19.0 Å². The second kappa shape index (κ2) is 5.24. The largest absolute Gasteiger partial charge is 0.481 e. The number of aryl methyl sites for hydroxylation is 1. The van der Waals surface area contributed by atoms with Crippen molar-refractivity contribution < 1.29 is 9.90 Å². The van der Waals surface area contributed by atoms with E-state index in [-0.39, 0.29) is 6.42 Å². The normalized spacial score (nSPS) is 18.8. The van der Waals surface area contributed by atoms with Crippen LogP contribution in [0, 0.1) is 0 Å². The summed E-state index contributed by atoms with van der Waals surface area (Å²) in [5, 5.41) is 8.84. The first-order chi connectivity index (χ1) is 9.25. The van der Waals surface area contributed by atoms with Gasteiger partial charge in [-0.3, -0.25) is 4.79 Å². The fourth-order valence-corrected chi connectivity index (χ4v) is 3.60. The molecular weight excluding hydrogens is 238 g/mol. The van der Waals surface area contributed by atoms with Crippen LogP contribution in [0.5, 0.6) is 0 Å². The highest BCUT2D eigenvalue weighted by atomic mass is 16.4. The van der Waals surface area contributed by atoms with Gasteiger partial charge in [0.2, 0.25) is 0 Å². The highest BCUT2D eigenvalue weighted by Gasteiger charge is 2.29. The molecule has 1 heterocycles. The predicted molar refractivity (Wildman–Crippen MR) is 75.7 cm³/mol. The summed E-state index contributed by atoms with van der Waals surface area (Å²) < 4.78 is 0. The van der Waals surface area contributed by atoms with Gasteiger partial charge in [0.15, 0.2) is 0 Å². The lowest BCUT2D eigenvalue weighted by molar-refractivity contribution is -0.136. The topological polar surface area (TPSA) is 40.5 Å². The molecule has 0 atom stereocenters. The molecule has 0 spiro atoms. The molecule has 0 radical (unpaired) electrons. The second-order valence-corrected chi connectivity index (χ2v) is 5.69. The number of aliphatic carboxylic acids is 1.